The van der Waals surface area contributed by atoms with Crippen LogP contribution in [0.15, 0.2) is 29.6 Å². The summed E-state index contributed by atoms with van der Waals surface area (Å²) in [7, 11) is 0. The third-order valence-electron chi connectivity index (χ3n) is 2.39. The molecule has 1 atom stereocenters. The number of rotatable bonds is 3. The third kappa shape index (κ3) is 1.66. The molecule has 1 aromatic carbocycles. The lowest BCUT2D eigenvalue weighted by Gasteiger charge is -2.08. The minimum Gasteiger partial charge on any atom is -0.330 e. The van der Waals surface area contributed by atoms with Gasteiger partial charge in [-0.05, 0) is 35.4 Å². The van der Waals surface area contributed by atoms with E-state index in [0.29, 0.717) is 6.54 Å². The number of nitrogens with two attached hydrogens (primary N) is 2. The van der Waals surface area contributed by atoms with E-state index in [1.807, 2.05) is 6.07 Å². The molecule has 0 amide bonds. The quantitative estimate of drug-likeness (QED) is 0.809. The first-order chi connectivity index (χ1) is 6.83. The molecule has 74 valence electrons. The van der Waals surface area contributed by atoms with Gasteiger partial charge in [0.15, 0.2) is 0 Å². The van der Waals surface area contributed by atoms with E-state index in [0.717, 1.165) is 6.42 Å². The molecule has 4 N–H and O–H groups in total. The first-order valence-electron chi connectivity index (χ1n) is 4.74. The van der Waals surface area contributed by atoms with Crippen LogP contribution in [-0.4, -0.2) is 6.54 Å². The van der Waals surface area contributed by atoms with Crippen LogP contribution in [0.3, 0.4) is 0 Å². The van der Waals surface area contributed by atoms with Crippen molar-refractivity contribution >= 4 is 21.4 Å². The van der Waals surface area contributed by atoms with Crippen molar-refractivity contribution in [2.45, 2.75) is 12.5 Å². The predicted octanol–water partition coefficient (Wildman–Crippen LogP) is 2.25. The van der Waals surface area contributed by atoms with Crippen LogP contribution in [-0.2, 0) is 0 Å². The number of hydrogen-bond acceptors (Lipinski definition) is 3. The Morgan fingerprint density at radius 2 is 2.07 bits per heavy atom. The molecule has 2 aromatic rings. The van der Waals surface area contributed by atoms with Crippen LogP contribution < -0.4 is 11.5 Å². The highest BCUT2D eigenvalue weighted by atomic mass is 32.1. The zero-order valence-electron chi connectivity index (χ0n) is 7.94. The summed E-state index contributed by atoms with van der Waals surface area (Å²) >= 11 is 1.75. The molecule has 1 heterocycles. The van der Waals surface area contributed by atoms with Crippen molar-refractivity contribution in [1.29, 1.82) is 0 Å². The summed E-state index contributed by atoms with van der Waals surface area (Å²) in [5.74, 6) is 0. The van der Waals surface area contributed by atoms with Crippen LogP contribution in [0.5, 0.6) is 0 Å². The fourth-order valence-corrected chi connectivity index (χ4v) is 2.65. The van der Waals surface area contributed by atoms with Crippen molar-refractivity contribution in [2.75, 3.05) is 6.54 Å². The van der Waals surface area contributed by atoms with Gasteiger partial charge in [0.05, 0.1) is 0 Å². The average Bonchev–Trinajstić information content (AvgIpc) is 2.61. The Kier molecular flexibility index (Phi) is 2.82. The first-order valence-corrected chi connectivity index (χ1v) is 5.62. The van der Waals surface area contributed by atoms with Gasteiger partial charge in [-0.2, -0.15) is 0 Å². The van der Waals surface area contributed by atoms with E-state index in [-0.39, 0.29) is 6.04 Å². The summed E-state index contributed by atoms with van der Waals surface area (Å²) in [4.78, 5) is 0. The third-order valence-corrected chi connectivity index (χ3v) is 3.37. The van der Waals surface area contributed by atoms with Gasteiger partial charge >= 0.3 is 0 Å². The highest BCUT2D eigenvalue weighted by Gasteiger charge is 2.10. The first kappa shape index (κ1) is 9.65. The second-order valence-electron chi connectivity index (χ2n) is 3.37. The largest absolute Gasteiger partial charge is 0.330 e. The molecule has 0 aliphatic carbocycles. The molecule has 2 nitrogen and oxygen atoms in total. The van der Waals surface area contributed by atoms with Crippen molar-refractivity contribution in [2.24, 2.45) is 11.5 Å². The maximum atomic E-state index is 6.04. The van der Waals surface area contributed by atoms with Gasteiger partial charge in [0.1, 0.15) is 0 Å². The number of thiophene rings is 1. The molecular weight excluding hydrogens is 192 g/mol. The van der Waals surface area contributed by atoms with Crippen LogP contribution in [0, 0.1) is 0 Å². The van der Waals surface area contributed by atoms with Crippen LogP contribution in [0.25, 0.3) is 10.1 Å². The fraction of sp³-hybridized carbons (Fsp3) is 0.273. The SMILES string of the molecule is NCC[C@H](N)c1csc2ccccc12. The van der Waals surface area contributed by atoms with Crippen molar-refractivity contribution < 1.29 is 0 Å². The predicted molar refractivity (Wildman–Crippen MR) is 62.4 cm³/mol. The summed E-state index contributed by atoms with van der Waals surface area (Å²) in [5.41, 5.74) is 12.8. The summed E-state index contributed by atoms with van der Waals surface area (Å²) < 4.78 is 1.30. The Morgan fingerprint density at radius 3 is 2.86 bits per heavy atom. The zero-order chi connectivity index (χ0) is 9.97. The Bertz CT molecular complexity index is 422. The van der Waals surface area contributed by atoms with E-state index >= 15 is 0 Å². The van der Waals surface area contributed by atoms with Crippen LogP contribution in [0.1, 0.15) is 18.0 Å². The Morgan fingerprint density at radius 1 is 1.29 bits per heavy atom. The van der Waals surface area contributed by atoms with Gasteiger partial charge < -0.3 is 11.5 Å². The lowest BCUT2D eigenvalue weighted by molar-refractivity contribution is 0.667. The van der Waals surface area contributed by atoms with Gasteiger partial charge in [-0.1, -0.05) is 18.2 Å². The van der Waals surface area contributed by atoms with Crippen LogP contribution >= 0.6 is 11.3 Å². The van der Waals surface area contributed by atoms with Gasteiger partial charge in [0.25, 0.3) is 0 Å². The molecule has 3 heteroatoms. The second-order valence-corrected chi connectivity index (χ2v) is 4.28. The molecule has 0 aliphatic heterocycles. The number of hydrogen-bond donors (Lipinski definition) is 2. The number of fused-ring (bicyclic) bond motifs is 1. The normalized spacial score (nSPS) is 13.3. The molecule has 0 unspecified atom stereocenters. The number of benzene rings is 1. The molecule has 0 aliphatic rings. The second kappa shape index (κ2) is 4.09. The maximum Gasteiger partial charge on any atom is 0.0346 e. The average molecular weight is 206 g/mol. The summed E-state index contributed by atoms with van der Waals surface area (Å²) in [6.07, 6.45) is 0.848. The maximum absolute atomic E-state index is 6.04. The van der Waals surface area contributed by atoms with Gasteiger partial charge in [-0.15, -0.1) is 11.3 Å². The highest BCUT2D eigenvalue weighted by molar-refractivity contribution is 7.17. The topological polar surface area (TPSA) is 52.0 Å². The summed E-state index contributed by atoms with van der Waals surface area (Å²) in [5, 5.41) is 3.42. The van der Waals surface area contributed by atoms with E-state index < -0.39 is 0 Å². The van der Waals surface area contributed by atoms with Crippen molar-refractivity contribution in [3.63, 3.8) is 0 Å². The lowest BCUT2D eigenvalue weighted by atomic mass is 10.0. The van der Waals surface area contributed by atoms with Gasteiger partial charge in [-0.3, -0.25) is 0 Å². The zero-order valence-corrected chi connectivity index (χ0v) is 8.76. The highest BCUT2D eigenvalue weighted by Crippen LogP contribution is 2.30. The monoisotopic (exact) mass is 206 g/mol. The van der Waals surface area contributed by atoms with Crippen molar-refractivity contribution in [3.8, 4) is 0 Å². The van der Waals surface area contributed by atoms with E-state index in [2.05, 4.69) is 23.6 Å². The molecule has 0 saturated heterocycles. The molecule has 0 saturated carbocycles. The van der Waals surface area contributed by atoms with E-state index in [9.17, 15) is 0 Å². The van der Waals surface area contributed by atoms with Gasteiger partial charge in [-0.25, -0.2) is 0 Å². The summed E-state index contributed by atoms with van der Waals surface area (Å²) in [6.45, 7) is 0.644. The Hall–Kier alpha value is -0.900. The van der Waals surface area contributed by atoms with Gasteiger partial charge in [0, 0.05) is 10.7 Å². The van der Waals surface area contributed by atoms with E-state index in [4.69, 9.17) is 11.5 Å². The minimum atomic E-state index is 0.0798. The molecule has 1 aromatic heterocycles. The van der Waals surface area contributed by atoms with Crippen LogP contribution in [0.4, 0.5) is 0 Å². The van der Waals surface area contributed by atoms with Crippen molar-refractivity contribution in [1.82, 2.24) is 0 Å². The molecule has 0 radical (unpaired) electrons. The smallest absolute Gasteiger partial charge is 0.0346 e. The summed E-state index contributed by atoms with van der Waals surface area (Å²) in [6, 6.07) is 8.43. The lowest BCUT2D eigenvalue weighted by Crippen LogP contribution is -2.14. The molecule has 14 heavy (non-hydrogen) atoms. The van der Waals surface area contributed by atoms with Crippen LogP contribution in [0.2, 0.25) is 0 Å². The Balaban J connectivity index is 2.42. The standard InChI is InChI=1S/C11H14N2S/c12-6-5-10(13)9-7-14-11-4-2-1-3-8(9)11/h1-4,7,10H,5-6,12-13H2/t10-/m0/s1. The fourth-order valence-electron chi connectivity index (χ4n) is 1.62. The minimum absolute atomic E-state index is 0.0798. The Labute approximate surface area is 87.5 Å². The molecule has 2 rings (SSSR count). The molecule has 0 spiro atoms. The van der Waals surface area contributed by atoms with E-state index in [1.54, 1.807) is 11.3 Å². The molecular formula is C11H14N2S. The van der Waals surface area contributed by atoms with Gasteiger partial charge in [0.2, 0.25) is 0 Å². The van der Waals surface area contributed by atoms with E-state index in [1.165, 1.54) is 15.6 Å². The molecule has 0 bridgehead atoms. The van der Waals surface area contributed by atoms with Crippen molar-refractivity contribution in [3.05, 3.63) is 35.2 Å². The molecule has 0 fully saturated rings.